The highest BCUT2D eigenvalue weighted by Crippen LogP contribution is 2.18. The minimum atomic E-state index is -0.977. The molecule has 1 heterocycles. The van der Waals surface area contributed by atoms with Crippen molar-refractivity contribution in [3.63, 3.8) is 0 Å². The number of esters is 1. The molecule has 2 N–H and O–H groups in total. The van der Waals surface area contributed by atoms with Gasteiger partial charge in [-0.25, -0.2) is 4.79 Å². The predicted molar refractivity (Wildman–Crippen MR) is 58.4 cm³/mol. The molecule has 6 heteroatoms. The Morgan fingerprint density at radius 2 is 1.88 bits per heavy atom. The van der Waals surface area contributed by atoms with Gasteiger partial charge in [0.25, 0.3) is 5.91 Å². The maximum Gasteiger partial charge on any atom is 0.349 e. The van der Waals surface area contributed by atoms with Gasteiger partial charge >= 0.3 is 5.97 Å². The van der Waals surface area contributed by atoms with E-state index in [2.05, 4.69) is 0 Å². The van der Waals surface area contributed by atoms with E-state index in [-0.39, 0.29) is 10.7 Å². The van der Waals surface area contributed by atoms with Crippen LogP contribution in [0.3, 0.4) is 0 Å². The first-order valence-corrected chi connectivity index (χ1v) is 5.34. The molecule has 5 nitrogen and oxygen atoms in total. The SMILES string of the molecule is CC(=O)c1ccc(C(=O)OC(C)C(N)=O)s1. The zero-order valence-electron chi connectivity index (χ0n) is 8.85. The van der Waals surface area contributed by atoms with Crippen molar-refractivity contribution in [2.24, 2.45) is 5.73 Å². The zero-order chi connectivity index (χ0) is 12.3. The van der Waals surface area contributed by atoms with Crippen LogP contribution in [0, 0.1) is 0 Å². The standard InChI is InChI=1S/C10H11NO4S/c1-5(12)7-3-4-8(16-7)10(14)15-6(2)9(11)13/h3-4,6H,1-2H3,(H2,11,13). The topological polar surface area (TPSA) is 86.5 Å². The van der Waals surface area contributed by atoms with E-state index in [1.54, 1.807) is 6.07 Å². The van der Waals surface area contributed by atoms with E-state index in [0.29, 0.717) is 4.88 Å². The van der Waals surface area contributed by atoms with E-state index >= 15 is 0 Å². The Balaban J connectivity index is 2.73. The van der Waals surface area contributed by atoms with Crippen LogP contribution in [0.15, 0.2) is 12.1 Å². The van der Waals surface area contributed by atoms with Crippen molar-refractivity contribution < 1.29 is 19.1 Å². The molecule has 1 aromatic rings. The molecule has 1 aromatic heterocycles. The van der Waals surface area contributed by atoms with Gasteiger partial charge in [0.15, 0.2) is 11.9 Å². The van der Waals surface area contributed by atoms with Gasteiger partial charge < -0.3 is 10.5 Å². The van der Waals surface area contributed by atoms with Gasteiger partial charge in [0.1, 0.15) is 4.88 Å². The second-order valence-electron chi connectivity index (χ2n) is 3.17. The molecule has 0 spiro atoms. The lowest BCUT2D eigenvalue weighted by Gasteiger charge is -2.07. The van der Waals surface area contributed by atoms with Crippen molar-refractivity contribution in [3.8, 4) is 0 Å². The van der Waals surface area contributed by atoms with E-state index in [9.17, 15) is 14.4 Å². The lowest BCUT2D eigenvalue weighted by Crippen LogP contribution is -2.30. The molecular weight excluding hydrogens is 230 g/mol. The highest BCUT2D eigenvalue weighted by molar-refractivity contribution is 7.15. The molecule has 86 valence electrons. The van der Waals surface area contributed by atoms with Crippen molar-refractivity contribution in [2.75, 3.05) is 0 Å². The third kappa shape index (κ3) is 2.90. The van der Waals surface area contributed by atoms with Crippen LogP contribution >= 0.6 is 11.3 Å². The normalized spacial score (nSPS) is 11.9. The largest absolute Gasteiger partial charge is 0.448 e. The summed E-state index contributed by atoms with van der Waals surface area (Å²) in [7, 11) is 0. The van der Waals surface area contributed by atoms with Gasteiger partial charge in [-0.2, -0.15) is 0 Å². The average Bonchev–Trinajstić information content (AvgIpc) is 2.65. The van der Waals surface area contributed by atoms with Crippen LogP contribution in [0.25, 0.3) is 0 Å². The van der Waals surface area contributed by atoms with Crippen LogP contribution in [0.1, 0.15) is 33.2 Å². The number of ketones is 1. The fourth-order valence-corrected chi connectivity index (χ4v) is 1.70. The maximum absolute atomic E-state index is 11.5. The Morgan fingerprint density at radius 1 is 1.31 bits per heavy atom. The van der Waals surface area contributed by atoms with E-state index in [1.165, 1.54) is 19.9 Å². The molecule has 0 aromatic carbocycles. The number of carbonyl (C=O) groups is 3. The average molecular weight is 241 g/mol. The van der Waals surface area contributed by atoms with Crippen LogP contribution in [-0.2, 0) is 9.53 Å². The number of primary amides is 1. The second-order valence-corrected chi connectivity index (χ2v) is 4.25. The molecule has 0 radical (unpaired) electrons. The van der Waals surface area contributed by atoms with Crippen LogP contribution < -0.4 is 5.73 Å². The van der Waals surface area contributed by atoms with E-state index in [1.807, 2.05) is 0 Å². The molecule has 0 aliphatic rings. The smallest absolute Gasteiger partial charge is 0.349 e. The molecule has 0 bridgehead atoms. The lowest BCUT2D eigenvalue weighted by molar-refractivity contribution is -0.125. The van der Waals surface area contributed by atoms with Crippen molar-refractivity contribution in [1.82, 2.24) is 0 Å². The molecule has 0 saturated carbocycles. The Kier molecular flexibility index (Phi) is 3.78. The van der Waals surface area contributed by atoms with Crippen molar-refractivity contribution in [1.29, 1.82) is 0 Å². The number of ether oxygens (including phenoxy) is 1. The molecule has 1 rings (SSSR count). The van der Waals surface area contributed by atoms with E-state index in [0.717, 1.165) is 11.3 Å². The van der Waals surface area contributed by atoms with Gasteiger partial charge in [0.05, 0.1) is 4.88 Å². The summed E-state index contributed by atoms with van der Waals surface area (Å²) in [5.41, 5.74) is 4.95. The molecule has 0 aliphatic heterocycles. The monoisotopic (exact) mass is 241 g/mol. The zero-order valence-corrected chi connectivity index (χ0v) is 9.67. The lowest BCUT2D eigenvalue weighted by atomic mass is 10.3. The number of nitrogens with two attached hydrogens (primary N) is 1. The third-order valence-electron chi connectivity index (χ3n) is 1.84. The van der Waals surface area contributed by atoms with Crippen molar-refractivity contribution in [2.45, 2.75) is 20.0 Å². The maximum atomic E-state index is 11.5. The van der Waals surface area contributed by atoms with Gasteiger partial charge in [0.2, 0.25) is 0 Å². The molecule has 0 fully saturated rings. The highest BCUT2D eigenvalue weighted by atomic mass is 32.1. The summed E-state index contributed by atoms with van der Waals surface area (Å²) in [5.74, 6) is -1.48. The summed E-state index contributed by atoms with van der Waals surface area (Å²) in [5, 5.41) is 0. The molecule has 1 unspecified atom stereocenters. The molecule has 0 aliphatic carbocycles. The van der Waals surface area contributed by atoms with Crippen LogP contribution in [0.2, 0.25) is 0 Å². The Morgan fingerprint density at radius 3 is 2.31 bits per heavy atom. The predicted octanol–water partition coefficient (Wildman–Crippen LogP) is 0.981. The first-order chi connectivity index (χ1) is 7.41. The summed E-state index contributed by atoms with van der Waals surface area (Å²) in [6, 6.07) is 3.02. The Hall–Kier alpha value is -1.69. The minimum absolute atomic E-state index is 0.119. The number of rotatable bonds is 4. The fourth-order valence-electron chi connectivity index (χ4n) is 0.914. The van der Waals surface area contributed by atoms with Crippen LogP contribution in [-0.4, -0.2) is 23.8 Å². The van der Waals surface area contributed by atoms with Gasteiger partial charge in [-0.15, -0.1) is 11.3 Å². The summed E-state index contributed by atoms with van der Waals surface area (Å²) >= 11 is 1.03. The number of amides is 1. The number of thiophene rings is 1. The molecular formula is C10H11NO4S. The second kappa shape index (κ2) is 4.89. The number of hydrogen-bond donors (Lipinski definition) is 1. The molecule has 16 heavy (non-hydrogen) atoms. The van der Waals surface area contributed by atoms with Crippen molar-refractivity contribution >= 4 is 29.0 Å². The summed E-state index contributed by atoms with van der Waals surface area (Å²) in [6.45, 7) is 2.80. The summed E-state index contributed by atoms with van der Waals surface area (Å²) in [4.78, 5) is 33.9. The first kappa shape index (κ1) is 12.4. The quantitative estimate of drug-likeness (QED) is 0.629. The van der Waals surface area contributed by atoms with Gasteiger partial charge in [-0.05, 0) is 26.0 Å². The molecule has 1 atom stereocenters. The van der Waals surface area contributed by atoms with Crippen LogP contribution in [0.5, 0.6) is 0 Å². The number of carbonyl (C=O) groups excluding carboxylic acids is 3. The van der Waals surface area contributed by atoms with Gasteiger partial charge in [0, 0.05) is 0 Å². The number of hydrogen-bond acceptors (Lipinski definition) is 5. The number of Topliss-reactive ketones (excluding diaryl/α,β-unsaturated/α-hetero) is 1. The van der Waals surface area contributed by atoms with E-state index < -0.39 is 18.0 Å². The molecule has 0 saturated heterocycles. The fraction of sp³-hybridized carbons (Fsp3) is 0.300. The minimum Gasteiger partial charge on any atom is -0.448 e. The van der Waals surface area contributed by atoms with Crippen LogP contribution in [0.4, 0.5) is 0 Å². The molecule has 1 amide bonds. The third-order valence-corrected chi connectivity index (χ3v) is 3.00. The summed E-state index contributed by atoms with van der Waals surface area (Å²) in [6.07, 6.45) is -0.977. The summed E-state index contributed by atoms with van der Waals surface area (Å²) < 4.78 is 4.78. The van der Waals surface area contributed by atoms with Gasteiger partial charge in [-0.1, -0.05) is 0 Å². The Bertz CT molecular complexity index is 438. The van der Waals surface area contributed by atoms with Crippen molar-refractivity contribution in [3.05, 3.63) is 21.9 Å². The highest BCUT2D eigenvalue weighted by Gasteiger charge is 2.18. The van der Waals surface area contributed by atoms with Gasteiger partial charge in [-0.3, -0.25) is 9.59 Å². The van der Waals surface area contributed by atoms with E-state index in [4.69, 9.17) is 10.5 Å². The Labute approximate surface area is 96.2 Å². The first-order valence-electron chi connectivity index (χ1n) is 4.53.